The van der Waals surface area contributed by atoms with Gasteiger partial charge in [-0.3, -0.25) is 9.59 Å². The highest BCUT2D eigenvalue weighted by atomic mass is 16.2. The topological polar surface area (TPSA) is 100 Å². The molecule has 2 aromatic rings. The first-order valence-corrected chi connectivity index (χ1v) is 7.01. The monoisotopic (exact) mass is 286 g/mol. The van der Waals surface area contributed by atoms with Crippen LogP contribution in [0, 0.1) is 0 Å². The molecule has 21 heavy (non-hydrogen) atoms. The largest absolute Gasteiger partial charge is 0.361 e. The number of nitrogens with two attached hydrogens (primary N) is 1. The molecule has 2 atom stereocenters. The molecule has 0 bridgehead atoms. The van der Waals surface area contributed by atoms with E-state index in [4.69, 9.17) is 5.73 Å². The number of nitrogens with one attached hydrogen (secondary N) is 3. The molecule has 0 aliphatic carbocycles. The summed E-state index contributed by atoms with van der Waals surface area (Å²) in [5.74, 6) is -0.257. The Morgan fingerprint density at radius 2 is 2.24 bits per heavy atom. The standard InChI is InChI=1S/C15H18N4O2/c16-12(15(21)19-10-6-14(20)18-8-10)5-9-7-17-13-4-2-1-3-11(9)13/h1-4,7,10,12,17H,5-6,8,16H2,(H,18,20)(H,19,21). The highest BCUT2D eigenvalue weighted by molar-refractivity contribution is 5.87. The number of H-pyrrole nitrogens is 1. The first-order valence-electron chi connectivity index (χ1n) is 7.01. The predicted octanol–water partition coefficient (Wildman–Crippen LogP) is 0.0424. The third-order valence-electron chi connectivity index (χ3n) is 3.78. The van der Waals surface area contributed by atoms with Crippen molar-refractivity contribution in [1.29, 1.82) is 0 Å². The normalized spacial score (nSPS) is 19.5. The minimum Gasteiger partial charge on any atom is -0.361 e. The van der Waals surface area contributed by atoms with E-state index in [1.165, 1.54) is 0 Å². The number of aromatic amines is 1. The lowest BCUT2D eigenvalue weighted by Crippen LogP contribution is -2.47. The van der Waals surface area contributed by atoms with Gasteiger partial charge in [0, 0.05) is 30.1 Å². The zero-order chi connectivity index (χ0) is 14.8. The van der Waals surface area contributed by atoms with E-state index in [0.29, 0.717) is 19.4 Å². The van der Waals surface area contributed by atoms with E-state index < -0.39 is 6.04 Å². The van der Waals surface area contributed by atoms with Gasteiger partial charge in [0.05, 0.1) is 12.1 Å². The van der Waals surface area contributed by atoms with E-state index in [9.17, 15) is 9.59 Å². The Morgan fingerprint density at radius 1 is 1.43 bits per heavy atom. The zero-order valence-corrected chi connectivity index (χ0v) is 11.6. The van der Waals surface area contributed by atoms with Crippen molar-refractivity contribution in [2.45, 2.75) is 24.9 Å². The lowest BCUT2D eigenvalue weighted by Gasteiger charge is -2.15. The molecule has 110 valence electrons. The van der Waals surface area contributed by atoms with Gasteiger partial charge in [0.25, 0.3) is 0 Å². The number of hydrogen-bond acceptors (Lipinski definition) is 3. The summed E-state index contributed by atoms with van der Waals surface area (Å²) >= 11 is 0. The second kappa shape index (κ2) is 5.57. The molecule has 0 radical (unpaired) electrons. The number of amides is 2. The molecule has 2 unspecified atom stereocenters. The molecule has 1 saturated heterocycles. The molecule has 2 heterocycles. The molecular weight excluding hydrogens is 268 g/mol. The second-order valence-corrected chi connectivity index (χ2v) is 5.38. The summed E-state index contributed by atoms with van der Waals surface area (Å²) in [6, 6.07) is 7.13. The van der Waals surface area contributed by atoms with Crippen LogP contribution in [0.4, 0.5) is 0 Å². The first-order chi connectivity index (χ1) is 10.1. The van der Waals surface area contributed by atoms with Gasteiger partial charge in [0.2, 0.25) is 11.8 Å². The third kappa shape index (κ3) is 2.90. The number of rotatable bonds is 4. The minimum absolute atomic E-state index is 0.0366. The van der Waals surface area contributed by atoms with E-state index in [1.807, 2.05) is 30.5 Å². The summed E-state index contributed by atoms with van der Waals surface area (Å²) in [6.07, 6.45) is 2.67. The summed E-state index contributed by atoms with van der Waals surface area (Å²) in [4.78, 5) is 26.4. The molecule has 0 saturated carbocycles. The smallest absolute Gasteiger partial charge is 0.237 e. The average Bonchev–Trinajstić information content (AvgIpc) is 3.06. The summed E-state index contributed by atoms with van der Waals surface area (Å²) in [5, 5.41) is 6.58. The SMILES string of the molecule is NC(Cc1c[nH]c2ccccc12)C(=O)NC1CNC(=O)C1. The molecule has 3 rings (SSSR count). The van der Waals surface area contributed by atoms with Crippen LogP contribution in [-0.2, 0) is 16.0 Å². The molecule has 1 aliphatic rings. The van der Waals surface area contributed by atoms with E-state index in [1.54, 1.807) is 0 Å². The summed E-state index contributed by atoms with van der Waals surface area (Å²) in [6.45, 7) is 0.477. The highest BCUT2D eigenvalue weighted by Gasteiger charge is 2.25. The van der Waals surface area contributed by atoms with Crippen molar-refractivity contribution in [1.82, 2.24) is 15.6 Å². The summed E-state index contributed by atoms with van der Waals surface area (Å²) < 4.78 is 0. The second-order valence-electron chi connectivity index (χ2n) is 5.38. The maximum absolute atomic E-state index is 12.1. The van der Waals surface area contributed by atoms with Crippen LogP contribution in [0.5, 0.6) is 0 Å². The van der Waals surface area contributed by atoms with Crippen LogP contribution < -0.4 is 16.4 Å². The van der Waals surface area contributed by atoms with Gasteiger partial charge in [-0.1, -0.05) is 18.2 Å². The van der Waals surface area contributed by atoms with Crippen molar-refractivity contribution in [2.75, 3.05) is 6.54 Å². The first kappa shape index (κ1) is 13.6. The molecule has 6 heteroatoms. The van der Waals surface area contributed by atoms with Crippen molar-refractivity contribution < 1.29 is 9.59 Å². The molecule has 1 aromatic heterocycles. The number of hydrogen-bond donors (Lipinski definition) is 4. The molecule has 0 spiro atoms. The Balaban J connectivity index is 1.64. The zero-order valence-electron chi connectivity index (χ0n) is 11.6. The molecule has 1 aliphatic heterocycles. The fraction of sp³-hybridized carbons (Fsp3) is 0.333. The van der Waals surface area contributed by atoms with Crippen LogP contribution >= 0.6 is 0 Å². The van der Waals surface area contributed by atoms with Gasteiger partial charge in [0.1, 0.15) is 0 Å². The van der Waals surface area contributed by atoms with Crippen molar-refractivity contribution in [3.63, 3.8) is 0 Å². The Morgan fingerprint density at radius 3 is 3.00 bits per heavy atom. The van der Waals surface area contributed by atoms with Crippen LogP contribution in [0.2, 0.25) is 0 Å². The highest BCUT2D eigenvalue weighted by Crippen LogP contribution is 2.18. The van der Waals surface area contributed by atoms with Gasteiger partial charge in [-0.15, -0.1) is 0 Å². The number of fused-ring (bicyclic) bond motifs is 1. The number of benzene rings is 1. The molecule has 5 N–H and O–H groups in total. The Kier molecular flexibility index (Phi) is 3.62. The fourth-order valence-electron chi connectivity index (χ4n) is 2.65. The lowest BCUT2D eigenvalue weighted by atomic mass is 10.0. The molecule has 2 amide bonds. The van der Waals surface area contributed by atoms with Crippen LogP contribution in [0.25, 0.3) is 10.9 Å². The molecule has 6 nitrogen and oxygen atoms in total. The quantitative estimate of drug-likeness (QED) is 0.638. The maximum atomic E-state index is 12.1. The van der Waals surface area contributed by atoms with Gasteiger partial charge in [-0.05, 0) is 18.1 Å². The van der Waals surface area contributed by atoms with Gasteiger partial charge < -0.3 is 21.4 Å². The third-order valence-corrected chi connectivity index (χ3v) is 3.78. The van der Waals surface area contributed by atoms with Gasteiger partial charge >= 0.3 is 0 Å². The van der Waals surface area contributed by atoms with E-state index >= 15 is 0 Å². The number of carbonyl (C=O) groups is 2. The molecule has 1 aromatic carbocycles. The van der Waals surface area contributed by atoms with Gasteiger partial charge in [-0.2, -0.15) is 0 Å². The minimum atomic E-state index is -0.625. The van der Waals surface area contributed by atoms with Crippen molar-refractivity contribution >= 4 is 22.7 Å². The van der Waals surface area contributed by atoms with Crippen molar-refractivity contribution in [3.8, 4) is 0 Å². The Labute approximate surface area is 122 Å². The van der Waals surface area contributed by atoms with Crippen LogP contribution in [0.15, 0.2) is 30.5 Å². The summed E-state index contributed by atoms with van der Waals surface area (Å²) in [7, 11) is 0. The van der Waals surface area contributed by atoms with E-state index in [2.05, 4.69) is 15.6 Å². The Bertz CT molecular complexity index is 679. The lowest BCUT2D eigenvalue weighted by molar-refractivity contribution is -0.123. The van der Waals surface area contributed by atoms with Gasteiger partial charge in [0.15, 0.2) is 0 Å². The van der Waals surface area contributed by atoms with E-state index in [-0.39, 0.29) is 17.9 Å². The van der Waals surface area contributed by atoms with Crippen LogP contribution in [-0.4, -0.2) is 35.4 Å². The number of aromatic nitrogens is 1. The number of para-hydroxylation sites is 1. The average molecular weight is 286 g/mol. The van der Waals surface area contributed by atoms with Gasteiger partial charge in [-0.25, -0.2) is 0 Å². The van der Waals surface area contributed by atoms with E-state index in [0.717, 1.165) is 16.5 Å². The summed E-state index contributed by atoms with van der Waals surface area (Å²) in [5.41, 5.74) is 8.04. The van der Waals surface area contributed by atoms with Crippen molar-refractivity contribution in [3.05, 3.63) is 36.0 Å². The Hall–Kier alpha value is -2.34. The van der Waals surface area contributed by atoms with Crippen LogP contribution in [0.1, 0.15) is 12.0 Å². The number of carbonyl (C=O) groups excluding carboxylic acids is 2. The maximum Gasteiger partial charge on any atom is 0.237 e. The fourth-order valence-corrected chi connectivity index (χ4v) is 2.65. The molecular formula is C15H18N4O2. The van der Waals surface area contributed by atoms with Crippen molar-refractivity contribution in [2.24, 2.45) is 5.73 Å². The molecule has 1 fully saturated rings. The van der Waals surface area contributed by atoms with Crippen LogP contribution in [0.3, 0.4) is 0 Å². The predicted molar refractivity (Wildman–Crippen MR) is 79.5 cm³/mol.